The van der Waals surface area contributed by atoms with E-state index in [0.717, 1.165) is 11.1 Å². The summed E-state index contributed by atoms with van der Waals surface area (Å²) < 4.78 is 6.00. The van der Waals surface area contributed by atoms with Crippen molar-refractivity contribution in [2.45, 2.75) is 38.9 Å². The fourth-order valence-electron chi connectivity index (χ4n) is 4.15. The number of hydrogen-bond donors (Lipinski definition) is 0. The second-order valence-corrected chi connectivity index (χ2v) is 7.04. The maximum Gasteiger partial charge on any atom is 0.241 e. The lowest BCUT2D eigenvalue weighted by Gasteiger charge is -2.25. The maximum atomic E-state index is 12.9. The lowest BCUT2D eigenvalue weighted by Crippen LogP contribution is -2.39. The van der Waals surface area contributed by atoms with Crippen LogP contribution in [0, 0.1) is 25.7 Å². The Hall–Kier alpha value is -1.94. The first kappa shape index (κ1) is 13.7. The molecule has 0 aliphatic carbocycles. The van der Waals surface area contributed by atoms with Gasteiger partial charge in [0, 0.05) is 0 Å². The predicted octanol–water partition coefficient (Wildman–Crippen LogP) is 2.53. The highest BCUT2D eigenvalue weighted by Gasteiger charge is 2.70. The van der Waals surface area contributed by atoms with E-state index in [9.17, 15) is 9.59 Å². The molecule has 0 aromatic heterocycles. The molecular formula is C18H19NO3. The number of ether oxygens (including phenoxy) is 1. The molecule has 4 atom stereocenters. The largest absolute Gasteiger partial charge is 0.359 e. The Bertz CT molecular complexity index is 717. The van der Waals surface area contributed by atoms with Crippen molar-refractivity contribution in [1.29, 1.82) is 0 Å². The molecule has 2 saturated heterocycles. The van der Waals surface area contributed by atoms with E-state index in [1.54, 1.807) is 0 Å². The topological polar surface area (TPSA) is 46.6 Å². The minimum absolute atomic E-state index is 0.145. The van der Waals surface area contributed by atoms with Crippen molar-refractivity contribution in [3.05, 3.63) is 41.5 Å². The van der Waals surface area contributed by atoms with Gasteiger partial charge < -0.3 is 4.74 Å². The number of rotatable bonds is 1. The molecule has 0 radical (unpaired) electrons. The molecular weight excluding hydrogens is 278 g/mol. The summed E-state index contributed by atoms with van der Waals surface area (Å²) >= 11 is 0. The summed E-state index contributed by atoms with van der Waals surface area (Å²) in [4.78, 5) is 27.2. The zero-order valence-electron chi connectivity index (χ0n) is 13.2. The molecule has 114 valence electrons. The molecule has 0 saturated carbocycles. The molecule has 4 nitrogen and oxygen atoms in total. The molecule has 3 aliphatic rings. The standard InChI is InChI=1S/C18H19NO3/c1-10-5-6-12(9-11(10)2)19-15(20)13-14(16(19)21)18(4)8-7-17(13,3)22-18/h5-9,13-14H,1-4H3/t13-,14-,17-,18-/m0/s1. The SMILES string of the molecule is Cc1ccc(N2C(=O)[C@@H]3[C@@H](C2=O)[C@]2(C)C=C[C@]3(C)O2)cc1C. The highest BCUT2D eigenvalue weighted by molar-refractivity contribution is 6.23. The monoisotopic (exact) mass is 297 g/mol. The van der Waals surface area contributed by atoms with Gasteiger partial charge in [-0.15, -0.1) is 0 Å². The number of aryl methyl sites for hydroxylation is 2. The van der Waals surface area contributed by atoms with E-state index in [0.29, 0.717) is 5.69 Å². The zero-order valence-corrected chi connectivity index (χ0v) is 13.2. The van der Waals surface area contributed by atoms with Gasteiger partial charge in [0.2, 0.25) is 11.8 Å². The second-order valence-electron chi connectivity index (χ2n) is 7.04. The fourth-order valence-corrected chi connectivity index (χ4v) is 4.15. The van der Waals surface area contributed by atoms with Gasteiger partial charge in [0.15, 0.2) is 0 Å². The van der Waals surface area contributed by atoms with Gasteiger partial charge in [-0.1, -0.05) is 18.2 Å². The van der Waals surface area contributed by atoms with E-state index in [2.05, 4.69) is 0 Å². The third kappa shape index (κ3) is 1.46. The van der Waals surface area contributed by atoms with E-state index in [1.165, 1.54) is 4.90 Å². The van der Waals surface area contributed by atoms with Crippen molar-refractivity contribution >= 4 is 17.5 Å². The summed E-state index contributed by atoms with van der Waals surface area (Å²) in [5, 5.41) is 0. The van der Waals surface area contributed by atoms with Gasteiger partial charge in [-0.25, -0.2) is 4.90 Å². The van der Waals surface area contributed by atoms with E-state index >= 15 is 0 Å². The Morgan fingerprint density at radius 2 is 1.50 bits per heavy atom. The quantitative estimate of drug-likeness (QED) is 0.591. The molecule has 1 aromatic carbocycles. The molecule has 0 N–H and O–H groups in total. The van der Waals surface area contributed by atoms with Crippen LogP contribution >= 0.6 is 0 Å². The third-order valence-electron chi connectivity index (χ3n) is 5.47. The summed E-state index contributed by atoms with van der Waals surface area (Å²) in [5.74, 6) is -1.13. The van der Waals surface area contributed by atoms with Crippen molar-refractivity contribution in [3.8, 4) is 0 Å². The van der Waals surface area contributed by atoms with Gasteiger partial charge in [0.25, 0.3) is 0 Å². The van der Waals surface area contributed by atoms with E-state index < -0.39 is 23.0 Å². The second kappa shape index (κ2) is 3.87. The first-order valence-electron chi connectivity index (χ1n) is 7.62. The van der Waals surface area contributed by atoms with Crippen molar-refractivity contribution < 1.29 is 14.3 Å². The number of nitrogens with zero attached hydrogens (tertiary/aromatic N) is 1. The average Bonchev–Trinajstić information content (AvgIpc) is 2.99. The number of carbonyl (C=O) groups is 2. The average molecular weight is 297 g/mol. The van der Waals surface area contributed by atoms with Crippen LogP contribution in [-0.4, -0.2) is 23.0 Å². The number of hydrogen-bond acceptors (Lipinski definition) is 3. The van der Waals surface area contributed by atoms with Crippen LogP contribution in [0.5, 0.6) is 0 Å². The van der Waals surface area contributed by atoms with Gasteiger partial charge in [-0.3, -0.25) is 9.59 Å². The van der Waals surface area contributed by atoms with E-state index in [4.69, 9.17) is 4.74 Å². The highest BCUT2D eigenvalue weighted by atomic mass is 16.5. The first-order valence-corrected chi connectivity index (χ1v) is 7.62. The zero-order chi connectivity index (χ0) is 15.9. The lowest BCUT2D eigenvalue weighted by molar-refractivity contribution is -0.128. The van der Waals surface area contributed by atoms with Crippen LogP contribution in [0.2, 0.25) is 0 Å². The molecule has 4 rings (SSSR count). The van der Waals surface area contributed by atoms with Crippen LogP contribution in [-0.2, 0) is 14.3 Å². The van der Waals surface area contributed by atoms with Gasteiger partial charge in [0.1, 0.15) is 0 Å². The highest BCUT2D eigenvalue weighted by Crippen LogP contribution is 2.57. The Balaban J connectivity index is 1.81. The van der Waals surface area contributed by atoms with E-state index in [1.807, 2.05) is 58.0 Å². The van der Waals surface area contributed by atoms with Crippen molar-refractivity contribution in [2.24, 2.45) is 11.8 Å². The number of fused-ring (bicyclic) bond motifs is 5. The summed E-state index contributed by atoms with van der Waals surface area (Å²) in [5.41, 5.74) is 1.55. The van der Waals surface area contributed by atoms with Crippen LogP contribution in [0.4, 0.5) is 5.69 Å². The number of imide groups is 1. The Morgan fingerprint density at radius 1 is 0.955 bits per heavy atom. The molecule has 3 heterocycles. The van der Waals surface area contributed by atoms with Gasteiger partial charge in [0.05, 0.1) is 28.7 Å². The normalized spacial score (nSPS) is 39.0. The molecule has 22 heavy (non-hydrogen) atoms. The van der Waals surface area contributed by atoms with Crippen molar-refractivity contribution in [2.75, 3.05) is 4.90 Å². The Kier molecular flexibility index (Phi) is 2.41. The molecule has 2 fully saturated rings. The summed E-state index contributed by atoms with van der Waals surface area (Å²) in [6.45, 7) is 7.80. The summed E-state index contributed by atoms with van der Waals surface area (Å²) in [6.07, 6.45) is 3.87. The van der Waals surface area contributed by atoms with Gasteiger partial charge in [-0.05, 0) is 51.0 Å². The molecule has 2 amide bonds. The molecule has 4 heteroatoms. The smallest absolute Gasteiger partial charge is 0.241 e. The summed E-state index contributed by atoms with van der Waals surface area (Å²) in [6, 6.07) is 5.71. The van der Waals surface area contributed by atoms with Crippen LogP contribution in [0.25, 0.3) is 0 Å². The molecule has 0 unspecified atom stereocenters. The number of anilines is 1. The number of benzene rings is 1. The Labute approximate surface area is 129 Å². The van der Waals surface area contributed by atoms with Crippen LogP contribution in [0.3, 0.4) is 0 Å². The molecule has 2 bridgehead atoms. The number of amides is 2. The van der Waals surface area contributed by atoms with Crippen LogP contribution in [0.15, 0.2) is 30.4 Å². The van der Waals surface area contributed by atoms with E-state index in [-0.39, 0.29) is 11.8 Å². The molecule has 0 spiro atoms. The first-order chi connectivity index (χ1) is 10.3. The summed E-state index contributed by atoms with van der Waals surface area (Å²) in [7, 11) is 0. The molecule has 3 aliphatic heterocycles. The minimum atomic E-state index is -0.666. The van der Waals surface area contributed by atoms with Gasteiger partial charge >= 0.3 is 0 Å². The maximum absolute atomic E-state index is 12.9. The lowest BCUT2D eigenvalue weighted by atomic mass is 9.73. The van der Waals surface area contributed by atoms with Crippen LogP contribution in [0.1, 0.15) is 25.0 Å². The Morgan fingerprint density at radius 3 is 2.00 bits per heavy atom. The fraction of sp³-hybridized carbons (Fsp3) is 0.444. The minimum Gasteiger partial charge on any atom is -0.359 e. The number of carbonyl (C=O) groups excluding carboxylic acids is 2. The van der Waals surface area contributed by atoms with Crippen LogP contribution < -0.4 is 4.90 Å². The predicted molar refractivity (Wildman–Crippen MR) is 82.4 cm³/mol. The van der Waals surface area contributed by atoms with Crippen molar-refractivity contribution in [3.63, 3.8) is 0 Å². The third-order valence-corrected chi connectivity index (χ3v) is 5.47. The van der Waals surface area contributed by atoms with Gasteiger partial charge in [-0.2, -0.15) is 0 Å². The van der Waals surface area contributed by atoms with Crippen molar-refractivity contribution in [1.82, 2.24) is 0 Å². The molecule has 1 aromatic rings.